The summed E-state index contributed by atoms with van der Waals surface area (Å²) in [4.78, 5) is 37.4. The molecule has 36 heavy (non-hydrogen) atoms. The standard InChI is InChI=1S/C17H25N3O2.2C2HF3O2/c21-17-16-12-19(9-14-3-8-22-13-14)10-15(16)11-20(17)7-6-18-4-1-2-5-18;2*3-2(4,5)1(6)7/h3,8,13,15-16H,1-2,4-7,9-12H2;2*(H,6,7)/t15-,16-;;/m0../s1. The number of furan rings is 1. The number of carbonyl (C=O) groups excluding carboxylic acids is 1. The first kappa shape index (κ1) is 29.4. The lowest BCUT2D eigenvalue weighted by Crippen LogP contribution is -2.37. The summed E-state index contributed by atoms with van der Waals surface area (Å²) in [6, 6.07) is 2.01. The number of aliphatic carboxylic acids is 2. The average Bonchev–Trinajstić information content (AvgIpc) is 3.55. The Labute approximate surface area is 202 Å². The number of amides is 1. The molecule has 1 aromatic heterocycles. The van der Waals surface area contributed by atoms with Gasteiger partial charge in [-0.1, -0.05) is 0 Å². The van der Waals surface area contributed by atoms with Crippen molar-refractivity contribution in [2.45, 2.75) is 31.7 Å². The van der Waals surface area contributed by atoms with Crippen molar-refractivity contribution < 1.29 is 55.4 Å². The Balaban J connectivity index is 0.000000271. The Morgan fingerprint density at radius 1 is 0.917 bits per heavy atom. The van der Waals surface area contributed by atoms with Gasteiger partial charge < -0.3 is 24.4 Å². The van der Waals surface area contributed by atoms with Crippen LogP contribution in [0, 0.1) is 11.8 Å². The number of hydrogen-bond acceptors (Lipinski definition) is 6. The van der Waals surface area contributed by atoms with Gasteiger partial charge in [-0.2, -0.15) is 26.3 Å². The molecule has 0 aromatic carbocycles. The summed E-state index contributed by atoms with van der Waals surface area (Å²) in [5, 5.41) is 14.2. The lowest BCUT2D eigenvalue weighted by atomic mass is 10.0. The van der Waals surface area contributed by atoms with Gasteiger partial charge in [-0.05, 0) is 32.0 Å². The summed E-state index contributed by atoms with van der Waals surface area (Å²) >= 11 is 0. The fourth-order valence-electron chi connectivity index (χ4n) is 4.27. The minimum Gasteiger partial charge on any atom is -0.475 e. The van der Waals surface area contributed by atoms with Crippen molar-refractivity contribution >= 4 is 17.8 Å². The highest BCUT2D eigenvalue weighted by atomic mass is 19.4. The molecule has 3 aliphatic rings. The number of alkyl halides is 6. The van der Waals surface area contributed by atoms with Crippen molar-refractivity contribution in [1.82, 2.24) is 14.7 Å². The second-order valence-corrected chi connectivity index (χ2v) is 8.63. The number of hydrogen-bond donors (Lipinski definition) is 2. The lowest BCUT2D eigenvalue weighted by molar-refractivity contribution is -0.193. The van der Waals surface area contributed by atoms with Gasteiger partial charge in [-0.15, -0.1) is 0 Å². The predicted octanol–water partition coefficient (Wildman–Crippen LogP) is 2.53. The summed E-state index contributed by atoms with van der Waals surface area (Å²) in [6.07, 6.45) is -4.00. The second-order valence-electron chi connectivity index (χ2n) is 8.63. The van der Waals surface area contributed by atoms with Crippen molar-refractivity contribution in [3.05, 3.63) is 24.2 Å². The van der Waals surface area contributed by atoms with Crippen LogP contribution in [0.15, 0.2) is 23.0 Å². The molecule has 15 heteroatoms. The Morgan fingerprint density at radius 2 is 1.47 bits per heavy atom. The fraction of sp³-hybridized carbons (Fsp3) is 0.667. The van der Waals surface area contributed by atoms with E-state index in [-0.39, 0.29) is 5.92 Å². The van der Waals surface area contributed by atoms with E-state index in [1.807, 2.05) is 6.07 Å². The fourth-order valence-corrected chi connectivity index (χ4v) is 4.27. The van der Waals surface area contributed by atoms with Crippen LogP contribution in [0.5, 0.6) is 0 Å². The van der Waals surface area contributed by atoms with Gasteiger partial charge in [0.1, 0.15) is 0 Å². The molecular weight excluding hydrogens is 504 g/mol. The maximum Gasteiger partial charge on any atom is 0.490 e. The van der Waals surface area contributed by atoms with Gasteiger partial charge >= 0.3 is 24.3 Å². The number of rotatable bonds is 5. The zero-order valence-corrected chi connectivity index (χ0v) is 19.1. The van der Waals surface area contributed by atoms with Crippen molar-refractivity contribution in [2.24, 2.45) is 11.8 Å². The summed E-state index contributed by atoms with van der Waals surface area (Å²) in [7, 11) is 0. The van der Waals surface area contributed by atoms with Crippen LogP contribution in [0.25, 0.3) is 0 Å². The van der Waals surface area contributed by atoms with Crippen molar-refractivity contribution in [1.29, 1.82) is 0 Å². The Morgan fingerprint density at radius 3 is 1.92 bits per heavy atom. The SMILES string of the molecule is O=C(O)C(F)(F)F.O=C(O)C(F)(F)F.O=C1[C@H]2CN(Cc3ccoc3)C[C@H]2CN1CCN1CCCC1. The molecule has 3 aliphatic heterocycles. The molecule has 0 bridgehead atoms. The van der Waals surface area contributed by atoms with Gasteiger partial charge in [0, 0.05) is 50.7 Å². The van der Waals surface area contributed by atoms with E-state index < -0.39 is 24.3 Å². The maximum atomic E-state index is 12.6. The van der Waals surface area contributed by atoms with Gasteiger partial charge in [0.15, 0.2) is 0 Å². The number of carbonyl (C=O) groups is 3. The Bertz CT molecular complexity index is 846. The highest BCUT2D eigenvalue weighted by Gasteiger charge is 2.46. The third-order valence-corrected chi connectivity index (χ3v) is 5.96. The molecular formula is C21H27F6N3O6. The molecule has 1 aromatic rings. The minimum atomic E-state index is -5.08. The second kappa shape index (κ2) is 12.4. The first-order valence-electron chi connectivity index (χ1n) is 11.0. The van der Waals surface area contributed by atoms with E-state index in [9.17, 15) is 31.1 Å². The molecule has 9 nitrogen and oxygen atoms in total. The van der Waals surface area contributed by atoms with Gasteiger partial charge in [-0.3, -0.25) is 9.69 Å². The van der Waals surface area contributed by atoms with E-state index in [0.717, 1.165) is 39.3 Å². The minimum absolute atomic E-state index is 0.227. The van der Waals surface area contributed by atoms with Crippen LogP contribution >= 0.6 is 0 Å². The molecule has 2 atom stereocenters. The molecule has 4 heterocycles. The Kier molecular flexibility index (Phi) is 10.2. The van der Waals surface area contributed by atoms with Crippen LogP contribution in [-0.4, -0.2) is 101 Å². The highest BCUT2D eigenvalue weighted by Crippen LogP contribution is 2.33. The van der Waals surface area contributed by atoms with Crippen LogP contribution in [0.4, 0.5) is 26.3 Å². The zero-order chi connectivity index (χ0) is 27.1. The van der Waals surface area contributed by atoms with Crippen LogP contribution in [0.3, 0.4) is 0 Å². The lowest BCUT2D eigenvalue weighted by Gasteiger charge is -2.23. The zero-order valence-electron chi connectivity index (χ0n) is 19.1. The Hall–Kier alpha value is -2.81. The van der Waals surface area contributed by atoms with E-state index >= 15 is 0 Å². The van der Waals surface area contributed by atoms with Gasteiger partial charge in [-0.25, -0.2) is 9.59 Å². The van der Waals surface area contributed by atoms with Crippen molar-refractivity contribution in [3.63, 3.8) is 0 Å². The van der Waals surface area contributed by atoms with Gasteiger partial charge in [0.25, 0.3) is 0 Å². The van der Waals surface area contributed by atoms with Crippen LogP contribution < -0.4 is 0 Å². The molecule has 0 saturated carbocycles. The molecule has 0 spiro atoms. The van der Waals surface area contributed by atoms with Crippen LogP contribution in [0.2, 0.25) is 0 Å². The van der Waals surface area contributed by atoms with Crippen molar-refractivity contribution in [3.8, 4) is 0 Å². The summed E-state index contributed by atoms with van der Waals surface area (Å²) in [6.45, 7) is 8.23. The first-order valence-corrected chi connectivity index (χ1v) is 11.0. The molecule has 4 rings (SSSR count). The largest absolute Gasteiger partial charge is 0.490 e. The number of carboxylic acids is 2. The molecule has 3 fully saturated rings. The molecule has 0 radical (unpaired) electrons. The number of likely N-dealkylation sites (tertiary alicyclic amines) is 3. The van der Waals surface area contributed by atoms with Crippen LogP contribution in [-0.2, 0) is 20.9 Å². The van der Waals surface area contributed by atoms with E-state index in [0.29, 0.717) is 11.8 Å². The van der Waals surface area contributed by atoms with E-state index in [2.05, 4.69) is 14.7 Å². The van der Waals surface area contributed by atoms with Gasteiger partial charge in [0.05, 0.1) is 18.4 Å². The van der Waals surface area contributed by atoms with Crippen molar-refractivity contribution in [2.75, 3.05) is 45.8 Å². The summed E-state index contributed by atoms with van der Waals surface area (Å²) in [5.41, 5.74) is 1.21. The predicted molar refractivity (Wildman–Crippen MR) is 111 cm³/mol. The maximum absolute atomic E-state index is 12.6. The monoisotopic (exact) mass is 531 g/mol. The molecule has 1 amide bonds. The van der Waals surface area contributed by atoms with E-state index in [1.54, 1.807) is 12.5 Å². The molecule has 0 aliphatic carbocycles. The quantitative estimate of drug-likeness (QED) is 0.558. The molecule has 2 N–H and O–H groups in total. The van der Waals surface area contributed by atoms with Crippen LogP contribution in [0.1, 0.15) is 18.4 Å². The highest BCUT2D eigenvalue weighted by molar-refractivity contribution is 5.82. The topological polar surface area (TPSA) is 115 Å². The normalized spacial score (nSPS) is 22.5. The number of carboxylic acid groups (broad SMARTS) is 2. The average molecular weight is 531 g/mol. The van der Waals surface area contributed by atoms with E-state index in [1.165, 1.54) is 31.5 Å². The molecule has 204 valence electrons. The number of halogens is 6. The number of fused-ring (bicyclic) bond motifs is 1. The summed E-state index contributed by atoms with van der Waals surface area (Å²) in [5.74, 6) is -4.37. The third-order valence-electron chi connectivity index (χ3n) is 5.96. The first-order chi connectivity index (χ1) is 16.7. The molecule has 3 saturated heterocycles. The van der Waals surface area contributed by atoms with Gasteiger partial charge in [0.2, 0.25) is 5.91 Å². The smallest absolute Gasteiger partial charge is 0.475 e. The third kappa shape index (κ3) is 9.00. The summed E-state index contributed by atoms with van der Waals surface area (Å²) < 4.78 is 68.6. The number of nitrogens with zero attached hydrogens (tertiary/aromatic N) is 3. The molecule has 0 unspecified atom stereocenters. The van der Waals surface area contributed by atoms with E-state index in [4.69, 9.17) is 24.2 Å².